The van der Waals surface area contributed by atoms with Crippen molar-refractivity contribution in [3.05, 3.63) is 94.8 Å². The van der Waals surface area contributed by atoms with E-state index in [1.165, 1.54) is 30.3 Å². The number of nitrogens with zero attached hydrogens (tertiary/aromatic N) is 3. The first-order valence-corrected chi connectivity index (χ1v) is 10.7. The van der Waals surface area contributed by atoms with Crippen LogP contribution in [0.3, 0.4) is 0 Å². The van der Waals surface area contributed by atoms with Gasteiger partial charge in [0.2, 0.25) is 0 Å². The summed E-state index contributed by atoms with van der Waals surface area (Å²) in [4.78, 5) is 14.9. The van der Waals surface area contributed by atoms with Crippen molar-refractivity contribution < 1.29 is 0 Å². The first kappa shape index (κ1) is 18.6. The van der Waals surface area contributed by atoms with Crippen molar-refractivity contribution in [1.82, 2.24) is 9.78 Å². The number of aromatic nitrogens is 2. The van der Waals surface area contributed by atoms with E-state index in [9.17, 15) is 4.79 Å². The number of benzene rings is 3. The molecule has 0 radical (unpaired) electrons. The van der Waals surface area contributed by atoms with Crippen LogP contribution >= 0.6 is 0 Å². The molecule has 30 heavy (non-hydrogen) atoms. The van der Waals surface area contributed by atoms with Crippen molar-refractivity contribution in [3.63, 3.8) is 0 Å². The van der Waals surface area contributed by atoms with Gasteiger partial charge in [0.25, 0.3) is 5.56 Å². The quantitative estimate of drug-likeness (QED) is 0.482. The molecule has 0 aliphatic carbocycles. The molecule has 1 fully saturated rings. The minimum Gasteiger partial charge on any atom is -0.372 e. The summed E-state index contributed by atoms with van der Waals surface area (Å²) >= 11 is 0. The van der Waals surface area contributed by atoms with Crippen molar-refractivity contribution in [2.24, 2.45) is 0 Å². The van der Waals surface area contributed by atoms with Gasteiger partial charge in [-0.1, -0.05) is 54.6 Å². The van der Waals surface area contributed by atoms with Crippen molar-refractivity contribution in [2.45, 2.75) is 25.8 Å². The van der Waals surface area contributed by atoms with Gasteiger partial charge in [-0.15, -0.1) is 0 Å². The molecular weight excluding hydrogens is 370 g/mol. The molecule has 150 valence electrons. The molecule has 0 spiro atoms. The Morgan fingerprint density at radius 3 is 2.37 bits per heavy atom. The summed E-state index contributed by atoms with van der Waals surface area (Å²) in [7, 11) is 0. The third-order valence-electron chi connectivity index (χ3n) is 5.95. The summed E-state index contributed by atoms with van der Waals surface area (Å²) < 4.78 is 1.57. The first-order chi connectivity index (χ1) is 14.8. The molecule has 0 amide bonds. The van der Waals surface area contributed by atoms with E-state index in [1.807, 2.05) is 24.3 Å². The molecule has 0 bridgehead atoms. The molecule has 4 heteroatoms. The number of anilines is 1. The van der Waals surface area contributed by atoms with Crippen LogP contribution in [0.5, 0.6) is 0 Å². The fourth-order valence-electron chi connectivity index (χ4n) is 4.30. The highest BCUT2D eigenvalue weighted by Gasteiger charge is 2.11. The molecule has 3 aromatic carbocycles. The van der Waals surface area contributed by atoms with Crippen molar-refractivity contribution in [1.29, 1.82) is 0 Å². The maximum atomic E-state index is 12.5. The van der Waals surface area contributed by atoms with Gasteiger partial charge in [0.15, 0.2) is 0 Å². The number of hydrogen-bond donors (Lipinski definition) is 0. The zero-order valence-corrected chi connectivity index (χ0v) is 17.0. The number of piperidine rings is 1. The van der Waals surface area contributed by atoms with Crippen LogP contribution in [0.4, 0.5) is 5.69 Å². The highest BCUT2D eigenvalue weighted by atomic mass is 16.1. The largest absolute Gasteiger partial charge is 0.372 e. The lowest BCUT2D eigenvalue weighted by molar-refractivity contribution is 0.578. The molecule has 0 atom stereocenters. The molecular formula is C26H25N3O. The van der Waals surface area contributed by atoms with E-state index in [-0.39, 0.29) is 5.56 Å². The molecule has 1 aliphatic rings. The van der Waals surface area contributed by atoms with Crippen LogP contribution in [0.25, 0.3) is 22.0 Å². The van der Waals surface area contributed by atoms with Gasteiger partial charge in [0.05, 0.1) is 12.2 Å². The Kier molecular flexibility index (Phi) is 5.06. The van der Waals surface area contributed by atoms with E-state index in [0.29, 0.717) is 6.54 Å². The van der Waals surface area contributed by atoms with Gasteiger partial charge in [0.1, 0.15) is 0 Å². The van der Waals surface area contributed by atoms with Gasteiger partial charge in [-0.2, -0.15) is 5.10 Å². The SMILES string of the molecule is O=c1ccc(-c2ccc(N3CCCCC3)cc2)nn1Cc1cccc2ccccc12. The maximum absolute atomic E-state index is 12.5. The second-order valence-corrected chi connectivity index (χ2v) is 7.95. The monoisotopic (exact) mass is 395 g/mol. The smallest absolute Gasteiger partial charge is 0.267 e. The van der Waals surface area contributed by atoms with Gasteiger partial charge in [-0.05, 0) is 53.8 Å². The van der Waals surface area contributed by atoms with Gasteiger partial charge in [0, 0.05) is 30.4 Å². The molecule has 4 nitrogen and oxygen atoms in total. The fraction of sp³-hybridized carbons (Fsp3) is 0.231. The van der Waals surface area contributed by atoms with E-state index in [1.54, 1.807) is 10.7 Å². The molecule has 4 aromatic rings. The lowest BCUT2D eigenvalue weighted by Crippen LogP contribution is -2.29. The lowest BCUT2D eigenvalue weighted by Gasteiger charge is -2.28. The highest BCUT2D eigenvalue weighted by molar-refractivity contribution is 5.85. The van der Waals surface area contributed by atoms with E-state index >= 15 is 0 Å². The second kappa shape index (κ2) is 8.15. The Morgan fingerprint density at radius 1 is 0.767 bits per heavy atom. The molecule has 1 aliphatic heterocycles. The standard InChI is InChI=1S/C26H25N3O/c30-26-16-15-25(21-11-13-23(14-12-21)28-17-4-1-5-18-28)27-29(26)19-22-9-6-8-20-7-2-3-10-24(20)22/h2-3,6-16H,1,4-5,17-19H2. The van der Waals surface area contributed by atoms with E-state index < -0.39 is 0 Å². The third kappa shape index (κ3) is 3.73. The zero-order chi connectivity index (χ0) is 20.3. The summed E-state index contributed by atoms with van der Waals surface area (Å²) in [5.74, 6) is 0. The van der Waals surface area contributed by atoms with E-state index in [0.717, 1.165) is 35.3 Å². The second-order valence-electron chi connectivity index (χ2n) is 7.95. The normalized spacial score (nSPS) is 14.2. The average Bonchev–Trinajstić information content (AvgIpc) is 2.81. The van der Waals surface area contributed by atoms with E-state index in [4.69, 9.17) is 0 Å². The third-order valence-corrected chi connectivity index (χ3v) is 5.95. The Balaban J connectivity index is 1.44. The fourth-order valence-corrected chi connectivity index (χ4v) is 4.30. The molecule has 0 unspecified atom stereocenters. The maximum Gasteiger partial charge on any atom is 0.267 e. The molecule has 1 aromatic heterocycles. The van der Waals surface area contributed by atoms with Crippen molar-refractivity contribution >= 4 is 16.5 Å². The Hall–Kier alpha value is -3.40. The van der Waals surface area contributed by atoms with Gasteiger partial charge in [-0.25, -0.2) is 4.68 Å². The van der Waals surface area contributed by atoms with Crippen LogP contribution in [-0.2, 0) is 6.54 Å². The molecule has 0 saturated carbocycles. The predicted molar refractivity (Wildman–Crippen MR) is 123 cm³/mol. The Morgan fingerprint density at radius 2 is 1.53 bits per heavy atom. The molecule has 0 N–H and O–H groups in total. The summed E-state index contributed by atoms with van der Waals surface area (Å²) in [5.41, 5.74) is 4.13. The summed E-state index contributed by atoms with van der Waals surface area (Å²) in [6, 6.07) is 26.4. The van der Waals surface area contributed by atoms with Crippen LogP contribution < -0.4 is 10.5 Å². The van der Waals surface area contributed by atoms with Crippen LogP contribution in [0, 0.1) is 0 Å². The molecule has 1 saturated heterocycles. The number of rotatable bonds is 4. The van der Waals surface area contributed by atoms with Crippen LogP contribution in [-0.4, -0.2) is 22.9 Å². The summed E-state index contributed by atoms with van der Waals surface area (Å²) in [5, 5.41) is 7.01. The van der Waals surface area contributed by atoms with Crippen LogP contribution in [0.2, 0.25) is 0 Å². The van der Waals surface area contributed by atoms with E-state index in [2.05, 4.69) is 58.5 Å². The van der Waals surface area contributed by atoms with Crippen molar-refractivity contribution in [3.8, 4) is 11.3 Å². The molecule has 2 heterocycles. The predicted octanol–water partition coefficient (Wildman–Crippen LogP) is 5.10. The Bertz CT molecular complexity index is 1220. The minimum absolute atomic E-state index is 0.0865. The van der Waals surface area contributed by atoms with Crippen molar-refractivity contribution in [2.75, 3.05) is 18.0 Å². The molecule has 5 rings (SSSR count). The minimum atomic E-state index is -0.0865. The zero-order valence-electron chi connectivity index (χ0n) is 17.0. The Labute approximate surface area is 176 Å². The van der Waals surface area contributed by atoms with Gasteiger partial charge >= 0.3 is 0 Å². The van der Waals surface area contributed by atoms with Crippen LogP contribution in [0.15, 0.2) is 83.7 Å². The van der Waals surface area contributed by atoms with Gasteiger partial charge < -0.3 is 4.90 Å². The van der Waals surface area contributed by atoms with Gasteiger partial charge in [-0.3, -0.25) is 4.79 Å². The highest BCUT2D eigenvalue weighted by Crippen LogP contribution is 2.24. The van der Waals surface area contributed by atoms with Crippen LogP contribution in [0.1, 0.15) is 24.8 Å². The lowest BCUT2D eigenvalue weighted by atomic mass is 10.0. The average molecular weight is 396 g/mol. The summed E-state index contributed by atoms with van der Waals surface area (Å²) in [6.07, 6.45) is 3.86. The topological polar surface area (TPSA) is 38.1 Å². The number of hydrogen-bond acceptors (Lipinski definition) is 3. The summed E-state index contributed by atoms with van der Waals surface area (Å²) in [6.45, 7) is 2.72. The number of fused-ring (bicyclic) bond motifs is 1. The first-order valence-electron chi connectivity index (χ1n) is 10.7.